The van der Waals surface area contributed by atoms with Crippen LogP contribution in [0.2, 0.25) is 0 Å². The number of methoxy groups -OCH3 is 2. The van der Waals surface area contributed by atoms with Crippen molar-refractivity contribution in [3.63, 3.8) is 0 Å². The van der Waals surface area contributed by atoms with Crippen LogP contribution < -0.4 is 30.3 Å². The zero-order chi connectivity index (χ0) is 23.0. The Labute approximate surface area is 190 Å². The van der Waals surface area contributed by atoms with Crippen molar-refractivity contribution in [1.82, 2.24) is 10.6 Å². The molecule has 0 bridgehead atoms. The molecule has 0 fully saturated rings. The van der Waals surface area contributed by atoms with E-state index < -0.39 is 0 Å². The second-order valence-corrected chi connectivity index (χ2v) is 7.09. The van der Waals surface area contributed by atoms with E-state index >= 15 is 0 Å². The average molecular weight is 441 g/mol. The van der Waals surface area contributed by atoms with E-state index in [2.05, 4.69) is 20.6 Å². The number of hydrogen-bond donors (Lipinski definition) is 2. The van der Waals surface area contributed by atoms with Gasteiger partial charge in [0.2, 0.25) is 0 Å². The van der Waals surface area contributed by atoms with Gasteiger partial charge in [-0.3, -0.25) is 9.98 Å². The molecule has 0 atom stereocenters. The van der Waals surface area contributed by atoms with Crippen LogP contribution in [-0.2, 0) is 0 Å². The van der Waals surface area contributed by atoms with E-state index in [4.69, 9.17) is 9.47 Å². The van der Waals surface area contributed by atoms with Crippen LogP contribution in [-0.4, -0.2) is 65.9 Å². The van der Waals surface area contributed by atoms with E-state index in [1.807, 2.05) is 0 Å². The van der Waals surface area contributed by atoms with Crippen LogP contribution in [0.4, 0.5) is 0 Å². The number of aliphatic imine (C=N–C) groups is 2. The van der Waals surface area contributed by atoms with Gasteiger partial charge in [0.15, 0.2) is 0 Å². The Balaban J connectivity index is 1.45. The van der Waals surface area contributed by atoms with Crippen LogP contribution in [0.3, 0.4) is 0 Å². The van der Waals surface area contributed by atoms with Gasteiger partial charge in [-0.25, -0.2) is 0 Å². The fourth-order valence-electron chi connectivity index (χ4n) is 2.84. The van der Waals surface area contributed by atoms with Gasteiger partial charge in [-0.05, 0) is 61.3 Å². The lowest BCUT2D eigenvalue weighted by atomic mass is 10.2. The Hall–Kier alpha value is -3.10. The molecule has 32 heavy (non-hydrogen) atoms. The van der Waals surface area contributed by atoms with Gasteiger partial charge in [-0.15, -0.1) is 0 Å². The van der Waals surface area contributed by atoms with E-state index in [0.29, 0.717) is 35.7 Å². The molecule has 2 N–H and O–H groups in total. The zero-order valence-electron chi connectivity index (χ0n) is 18.8. The fraction of sp³-hybridized carbons (Fsp3) is 0.417. The predicted molar refractivity (Wildman–Crippen MR) is 125 cm³/mol. The van der Waals surface area contributed by atoms with Gasteiger partial charge in [0.05, 0.1) is 14.2 Å². The molecular formula is C24H32N4O4-2. The molecular weight excluding hydrogens is 408 g/mol. The molecule has 2 aromatic carbocycles. The molecule has 0 unspecified atom stereocenters. The minimum Gasteiger partial charge on any atom is -0.872 e. The summed E-state index contributed by atoms with van der Waals surface area (Å²) in [5.41, 5.74) is 1.15. The maximum absolute atomic E-state index is 11.8. The SMILES string of the molecule is COc1ccc(C=NCCCNCCNCCCN=Cc2ccc(OC)cc2[O-])c([O-])c1. The van der Waals surface area contributed by atoms with Crippen molar-refractivity contribution in [2.24, 2.45) is 9.98 Å². The Morgan fingerprint density at radius 2 is 1.16 bits per heavy atom. The Morgan fingerprint density at radius 3 is 1.53 bits per heavy atom. The summed E-state index contributed by atoms with van der Waals surface area (Å²) in [4.78, 5) is 8.62. The van der Waals surface area contributed by atoms with Crippen molar-refractivity contribution >= 4 is 12.4 Å². The predicted octanol–water partition coefficient (Wildman–Crippen LogP) is 1.35. The molecule has 8 nitrogen and oxygen atoms in total. The summed E-state index contributed by atoms with van der Waals surface area (Å²) in [7, 11) is 3.08. The minimum absolute atomic E-state index is 0.0844. The van der Waals surface area contributed by atoms with Crippen LogP contribution in [0.15, 0.2) is 46.4 Å². The lowest BCUT2D eigenvalue weighted by molar-refractivity contribution is -0.269. The largest absolute Gasteiger partial charge is 0.872 e. The molecule has 8 heteroatoms. The molecule has 0 aliphatic carbocycles. The summed E-state index contributed by atoms with van der Waals surface area (Å²) in [6, 6.07) is 9.89. The first-order valence-corrected chi connectivity index (χ1v) is 10.7. The summed E-state index contributed by atoms with van der Waals surface area (Å²) >= 11 is 0. The van der Waals surface area contributed by atoms with Crippen molar-refractivity contribution < 1.29 is 19.7 Å². The van der Waals surface area contributed by atoms with E-state index in [-0.39, 0.29) is 11.5 Å². The highest BCUT2D eigenvalue weighted by Gasteiger charge is 1.95. The monoisotopic (exact) mass is 440 g/mol. The Bertz CT molecular complexity index is 800. The highest BCUT2D eigenvalue weighted by atomic mass is 16.5. The molecule has 0 amide bonds. The number of rotatable bonds is 15. The average Bonchev–Trinajstić information content (AvgIpc) is 2.80. The van der Waals surface area contributed by atoms with E-state index in [1.165, 1.54) is 26.4 Å². The quantitative estimate of drug-likeness (QED) is 0.319. The summed E-state index contributed by atoms with van der Waals surface area (Å²) in [6.45, 7) is 4.83. The molecule has 174 valence electrons. The van der Waals surface area contributed by atoms with Crippen molar-refractivity contribution in [2.45, 2.75) is 12.8 Å². The van der Waals surface area contributed by atoms with Gasteiger partial charge in [-0.2, -0.15) is 0 Å². The van der Waals surface area contributed by atoms with Gasteiger partial charge in [0.1, 0.15) is 11.5 Å². The van der Waals surface area contributed by atoms with Gasteiger partial charge in [-0.1, -0.05) is 23.6 Å². The second-order valence-electron chi connectivity index (χ2n) is 7.09. The summed E-state index contributed by atoms with van der Waals surface area (Å²) in [5.74, 6) is 0.950. The molecule has 0 spiro atoms. The van der Waals surface area contributed by atoms with Gasteiger partial charge in [0.25, 0.3) is 0 Å². The number of nitrogens with one attached hydrogen (secondary N) is 2. The standard InChI is InChI=1S/C24H34N4O4/c1-31-21-7-5-19(23(29)15-21)17-27-11-3-9-25-13-14-26-10-4-12-28-18-20-6-8-22(32-2)16-24(20)30/h5-8,15-18,25-26,29-30H,3-4,9-14H2,1-2H3/p-2. The van der Waals surface area contributed by atoms with Crippen LogP contribution in [0.1, 0.15) is 24.0 Å². The number of ether oxygens (including phenoxy) is 2. The van der Waals surface area contributed by atoms with Crippen LogP contribution in [0, 0.1) is 0 Å². The first kappa shape index (κ1) is 25.2. The maximum atomic E-state index is 11.8. The molecule has 2 aromatic rings. The maximum Gasteiger partial charge on any atom is 0.118 e. The summed E-state index contributed by atoms with van der Waals surface area (Å²) in [5, 5.41) is 30.4. The highest BCUT2D eigenvalue weighted by Crippen LogP contribution is 2.20. The lowest BCUT2D eigenvalue weighted by Gasteiger charge is -2.11. The molecule has 0 aliphatic rings. The normalized spacial score (nSPS) is 11.4. The molecule has 0 aliphatic heterocycles. The van der Waals surface area contributed by atoms with Crippen LogP contribution in [0.5, 0.6) is 23.0 Å². The fourth-order valence-corrected chi connectivity index (χ4v) is 2.84. The van der Waals surface area contributed by atoms with E-state index in [0.717, 1.165) is 39.0 Å². The van der Waals surface area contributed by atoms with Crippen molar-refractivity contribution in [1.29, 1.82) is 0 Å². The number of nitrogens with zero attached hydrogens (tertiary/aromatic N) is 2. The summed E-state index contributed by atoms with van der Waals surface area (Å²) in [6.07, 6.45) is 5.06. The third kappa shape index (κ3) is 9.36. The summed E-state index contributed by atoms with van der Waals surface area (Å²) < 4.78 is 10.0. The third-order valence-electron chi connectivity index (χ3n) is 4.66. The second kappa shape index (κ2) is 14.8. The lowest BCUT2D eigenvalue weighted by Crippen LogP contribution is -2.29. The highest BCUT2D eigenvalue weighted by molar-refractivity contribution is 5.84. The van der Waals surface area contributed by atoms with Crippen LogP contribution in [0.25, 0.3) is 0 Å². The Kier molecular flexibility index (Phi) is 11.7. The molecule has 0 radical (unpaired) electrons. The van der Waals surface area contributed by atoms with Gasteiger partial charge in [0, 0.05) is 38.6 Å². The van der Waals surface area contributed by atoms with E-state index in [1.54, 1.807) is 36.7 Å². The first-order valence-electron chi connectivity index (χ1n) is 10.7. The third-order valence-corrected chi connectivity index (χ3v) is 4.66. The van der Waals surface area contributed by atoms with Crippen LogP contribution >= 0.6 is 0 Å². The first-order chi connectivity index (χ1) is 15.6. The number of hydrogen-bond acceptors (Lipinski definition) is 8. The topological polar surface area (TPSA) is 113 Å². The van der Waals surface area contributed by atoms with Gasteiger partial charge < -0.3 is 30.3 Å². The molecule has 2 rings (SSSR count). The van der Waals surface area contributed by atoms with Crippen molar-refractivity contribution in [2.75, 3.05) is 53.5 Å². The molecule has 0 saturated carbocycles. The number of benzene rings is 2. The molecule has 0 aromatic heterocycles. The molecule has 0 saturated heterocycles. The Morgan fingerprint density at radius 1 is 0.719 bits per heavy atom. The zero-order valence-corrected chi connectivity index (χ0v) is 18.8. The van der Waals surface area contributed by atoms with E-state index in [9.17, 15) is 10.2 Å². The van der Waals surface area contributed by atoms with Crippen molar-refractivity contribution in [3.8, 4) is 23.0 Å². The molecule has 0 heterocycles. The van der Waals surface area contributed by atoms with Crippen molar-refractivity contribution in [3.05, 3.63) is 47.5 Å². The van der Waals surface area contributed by atoms with Gasteiger partial charge >= 0.3 is 0 Å². The minimum atomic E-state index is -0.0844. The smallest absolute Gasteiger partial charge is 0.118 e.